The van der Waals surface area contributed by atoms with Gasteiger partial charge in [0, 0.05) is 38.0 Å². The summed E-state index contributed by atoms with van der Waals surface area (Å²) in [7, 11) is 0. The molecule has 6 heteroatoms. The molecule has 0 unspecified atom stereocenters. The van der Waals surface area contributed by atoms with Crippen LogP contribution in [-0.4, -0.2) is 41.5 Å². The Bertz CT molecular complexity index is 584. The minimum Gasteiger partial charge on any atom is -0.360 e. The van der Waals surface area contributed by atoms with Crippen LogP contribution in [0.5, 0.6) is 0 Å². The number of nitrogens with one attached hydrogen (secondary N) is 1. The van der Waals surface area contributed by atoms with E-state index in [1.807, 2.05) is 11.8 Å². The first kappa shape index (κ1) is 16.0. The second kappa shape index (κ2) is 6.34. The molecule has 0 aromatic carbocycles. The average molecular weight is 319 g/mol. The number of amides is 2. The Morgan fingerprint density at radius 2 is 2.09 bits per heavy atom. The fraction of sp³-hybridized carbons (Fsp3) is 0.706. The van der Waals surface area contributed by atoms with Gasteiger partial charge in [0.2, 0.25) is 5.91 Å². The van der Waals surface area contributed by atoms with E-state index in [9.17, 15) is 9.59 Å². The lowest BCUT2D eigenvalue weighted by Crippen LogP contribution is -2.46. The van der Waals surface area contributed by atoms with Crippen molar-refractivity contribution in [3.63, 3.8) is 0 Å². The van der Waals surface area contributed by atoms with E-state index in [1.165, 1.54) is 0 Å². The van der Waals surface area contributed by atoms with Gasteiger partial charge >= 0.3 is 0 Å². The van der Waals surface area contributed by atoms with E-state index in [2.05, 4.69) is 17.4 Å². The molecule has 1 aliphatic carbocycles. The summed E-state index contributed by atoms with van der Waals surface area (Å²) < 4.78 is 5.22. The van der Waals surface area contributed by atoms with E-state index in [-0.39, 0.29) is 17.2 Å². The quantitative estimate of drug-likeness (QED) is 0.903. The number of piperidine rings is 1. The van der Waals surface area contributed by atoms with Gasteiger partial charge in [-0.2, -0.15) is 0 Å². The Hall–Kier alpha value is -1.85. The summed E-state index contributed by atoms with van der Waals surface area (Å²) in [6.07, 6.45) is 4.63. The molecular weight excluding hydrogens is 294 g/mol. The maximum absolute atomic E-state index is 12.2. The van der Waals surface area contributed by atoms with Gasteiger partial charge in [-0.05, 0) is 31.1 Å². The van der Waals surface area contributed by atoms with Crippen molar-refractivity contribution in [2.24, 2.45) is 5.41 Å². The summed E-state index contributed by atoms with van der Waals surface area (Å²) in [6.45, 7) is 6.21. The van der Waals surface area contributed by atoms with Gasteiger partial charge in [0.1, 0.15) is 5.76 Å². The molecule has 2 aliphatic rings. The Balaban J connectivity index is 1.49. The molecule has 0 bridgehead atoms. The van der Waals surface area contributed by atoms with Crippen LogP contribution >= 0.6 is 0 Å². The van der Waals surface area contributed by atoms with Gasteiger partial charge in [0.05, 0.1) is 0 Å². The molecule has 1 saturated heterocycles. The van der Waals surface area contributed by atoms with Crippen LogP contribution in [0.2, 0.25) is 0 Å². The lowest BCUT2D eigenvalue weighted by Gasteiger charge is -2.39. The Morgan fingerprint density at radius 1 is 1.39 bits per heavy atom. The fourth-order valence-corrected chi connectivity index (χ4v) is 3.04. The Morgan fingerprint density at radius 3 is 2.70 bits per heavy atom. The number of hydrogen-bond acceptors (Lipinski definition) is 4. The Labute approximate surface area is 136 Å². The third kappa shape index (κ3) is 3.74. The predicted molar refractivity (Wildman–Crippen MR) is 85.0 cm³/mol. The van der Waals surface area contributed by atoms with Gasteiger partial charge in [0.15, 0.2) is 5.69 Å². The topological polar surface area (TPSA) is 75.4 Å². The number of aromatic nitrogens is 1. The van der Waals surface area contributed by atoms with Gasteiger partial charge in [-0.15, -0.1) is 0 Å². The zero-order valence-electron chi connectivity index (χ0n) is 13.9. The highest BCUT2D eigenvalue weighted by atomic mass is 16.5. The molecule has 126 valence electrons. The molecule has 1 aliphatic heterocycles. The SMILES string of the molecule is CCC(=O)N1CCC(C)(CNC(=O)c2cc(C3CC3)on2)CC1. The van der Waals surface area contributed by atoms with E-state index in [1.54, 1.807) is 6.07 Å². The minimum atomic E-state index is -0.172. The van der Waals surface area contributed by atoms with Crippen LogP contribution in [0.1, 0.15) is 68.1 Å². The van der Waals surface area contributed by atoms with Crippen molar-refractivity contribution in [2.45, 2.75) is 51.9 Å². The maximum Gasteiger partial charge on any atom is 0.273 e. The third-order valence-electron chi connectivity index (χ3n) is 5.04. The minimum absolute atomic E-state index is 0.0310. The van der Waals surface area contributed by atoms with Gasteiger partial charge in [0.25, 0.3) is 5.91 Å². The monoisotopic (exact) mass is 319 g/mol. The van der Waals surface area contributed by atoms with Gasteiger partial charge in [-0.3, -0.25) is 9.59 Å². The normalized spacial score (nSPS) is 20.3. The molecule has 2 amide bonds. The van der Waals surface area contributed by atoms with E-state index in [0.717, 1.165) is 44.5 Å². The highest BCUT2D eigenvalue weighted by Gasteiger charge is 2.33. The van der Waals surface area contributed by atoms with E-state index in [0.29, 0.717) is 24.6 Å². The lowest BCUT2D eigenvalue weighted by molar-refractivity contribution is -0.133. The molecule has 2 heterocycles. The molecule has 0 atom stereocenters. The summed E-state index contributed by atoms with van der Waals surface area (Å²) in [4.78, 5) is 25.9. The summed E-state index contributed by atoms with van der Waals surface area (Å²) in [6, 6.07) is 1.76. The molecule has 6 nitrogen and oxygen atoms in total. The summed E-state index contributed by atoms with van der Waals surface area (Å²) in [5.41, 5.74) is 0.401. The van der Waals surface area contributed by atoms with Crippen LogP contribution in [-0.2, 0) is 4.79 Å². The average Bonchev–Trinajstić information content (AvgIpc) is 3.30. The van der Waals surface area contributed by atoms with Gasteiger partial charge in [-0.25, -0.2) is 0 Å². The van der Waals surface area contributed by atoms with Crippen LogP contribution in [0.4, 0.5) is 0 Å². The van der Waals surface area contributed by atoms with Gasteiger partial charge < -0.3 is 14.7 Å². The van der Waals surface area contributed by atoms with Gasteiger partial charge in [-0.1, -0.05) is 19.0 Å². The van der Waals surface area contributed by atoms with Crippen LogP contribution < -0.4 is 5.32 Å². The first-order chi connectivity index (χ1) is 11.0. The molecule has 1 aromatic rings. The molecule has 1 saturated carbocycles. The molecule has 2 fully saturated rings. The molecule has 0 spiro atoms. The van der Waals surface area contributed by atoms with Crippen molar-refractivity contribution < 1.29 is 14.1 Å². The molecule has 1 aromatic heterocycles. The van der Waals surface area contributed by atoms with Crippen LogP contribution in [0.25, 0.3) is 0 Å². The summed E-state index contributed by atoms with van der Waals surface area (Å²) in [5.74, 6) is 1.33. The number of likely N-dealkylation sites (tertiary alicyclic amines) is 1. The van der Waals surface area contributed by atoms with Crippen molar-refractivity contribution in [1.29, 1.82) is 0 Å². The molecule has 3 rings (SSSR count). The number of hydrogen-bond donors (Lipinski definition) is 1. The molecule has 0 radical (unpaired) electrons. The standard InChI is InChI=1S/C17H25N3O3/c1-3-15(21)20-8-6-17(2,7-9-20)11-18-16(22)13-10-14(23-19-13)12-4-5-12/h10,12H,3-9,11H2,1-2H3,(H,18,22). The van der Waals surface area contributed by atoms with Crippen molar-refractivity contribution in [3.05, 3.63) is 17.5 Å². The predicted octanol–water partition coefficient (Wildman–Crippen LogP) is 2.32. The largest absolute Gasteiger partial charge is 0.360 e. The zero-order valence-corrected chi connectivity index (χ0v) is 13.9. The van der Waals surface area contributed by atoms with E-state index in [4.69, 9.17) is 4.52 Å². The first-order valence-corrected chi connectivity index (χ1v) is 8.53. The maximum atomic E-state index is 12.2. The number of carbonyl (C=O) groups excluding carboxylic acids is 2. The van der Waals surface area contributed by atoms with Crippen LogP contribution in [0, 0.1) is 5.41 Å². The highest BCUT2D eigenvalue weighted by Crippen LogP contribution is 2.40. The van der Waals surface area contributed by atoms with E-state index < -0.39 is 0 Å². The van der Waals surface area contributed by atoms with Crippen molar-refractivity contribution in [3.8, 4) is 0 Å². The second-order valence-corrected chi connectivity index (χ2v) is 7.12. The van der Waals surface area contributed by atoms with Crippen molar-refractivity contribution in [2.75, 3.05) is 19.6 Å². The van der Waals surface area contributed by atoms with Crippen molar-refractivity contribution >= 4 is 11.8 Å². The number of nitrogens with zero attached hydrogens (tertiary/aromatic N) is 2. The summed E-state index contributed by atoms with van der Waals surface area (Å²) >= 11 is 0. The fourth-order valence-electron chi connectivity index (χ4n) is 3.04. The second-order valence-electron chi connectivity index (χ2n) is 7.12. The Kier molecular flexibility index (Phi) is 4.41. The van der Waals surface area contributed by atoms with Crippen molar-refractivity contribution in [1.82, 2.24) is 15.4 Å². The highest BCUT2D eigenvalue weighted by molar-refractivity contribution is 5.92. The first-order valence-electron chi connectivity index (χ1n) is 8.53. The van der Waals surface area contributed by atoms with Crippen LogP contribution in [0.15, 0.2) is 10.6 Å². The zero-order chi connectivity index (χ0) is 16.4. The van der Waals surface area contributed by atoms with Crippen LogP contribution in [0.3, 0.4) is 0 Å². The van der Waals surface area contributed by atoms with E-state index >= 15 is 0 Å². The molecular formula is C17H25N3O3. The molecule has 23 heavy (non-hydrogen) atoms. The third-order valence-corrected chi connectivity index (χ3v) is 5.04. The number of rotatable bonds is 5. The smallest absolute Gasteiger partial charge is 0.273 e. The summed E-state index contributed by atoms with van der Waals surface area (Å²) in [5, 5.41) is 6.85. The molecule has 1 N–H and O–H groups in total. The lowest BCUT2D eigenvalue weighted by atomic mass is 9.80. The number of carbonyl (C=O) groups is 2.